The normalized spacial score (nSPS) is 25.4. The molecule has 1 saturated heterocycles. The van der Waals surface area contributed by atoms with Crippen LogP contribution in [0.1, 0.15) is 59.1 Å². The monoisotopic (exact) mass is 320 g/mol. The first kappa shape index (κ1) is 15.5. The molecule has 4 nitrogen and oxygen atoms in total. The number of carbonyl (C=O) groups excluding carboxylic acids is 2. The second-order valence-electron chi connectivity index (χ2n) is 6.60. The van der Waals surface area contributed by atoms with Crippen molar-refractivity contribution in [2.75, 3.05) is 6.54 Å². The van der Waals surface area contributed by atoms with E-state index in [1.54, 1.807) is 11.3 Å². The third-order valence-corrected chi connectivity index (χ3v) is 6.23. The van der Waals surface area contributed by atoms with Gasteiger partial charge in [0.1, 0.15) is 0 Å². The smallest absolute Gasteiger partial charge is 0.264 e. The summed E-state index contributed by atoms with van der Waals surface area (Å²) in [6.45, 7) is 2.53. The van der Waals surface area contributed by atoms with Gasteiger partial charge in [-0.15, -0.1) is 11.3 Å². The molecule has 1 fully saturated rings. The maximum absolute atomic E-state index is 12.9. The van der Waals surface area contributed by atoms with Crippen LogP contribution in [0, 0.1) is 5.92 Å². The van der Waals surface area contributed by atoms with Gasteiger partial charge in [0.2, 0.25) is 5.91 Å². The number of hydrogen-bond donors (Lipinski definition) is 1. The Hall–Kier alpha value is -1.36. The lowest BCUT2D eigenvalue weighted by molar-refractivity contribution is -0.123. The molecule has 0 unspecified atom stereocenters. The first-order valence-electron chi connectivity index (χ1n) is 8.28. The molecule has 0 saturated carbocycles. The average molecular weight is 320 g/mol. The molecule has 0 aromatic carbocycles. The highest BCUT2D eigenvalue weighted by Crippen LogP contribution is 2.31. The van der Waals surface area contributed by atoms with Crippen molar-refractivity contribution in [3.63, 3.8) is 0 Å². The molecule has 2 aliphatic rings. The Bertz CT molecular complexity index is 558. The molecule has 1 aromatic heterocycles. The number of nitrogens with zero attached hydrogens (tertiary/aromatic N) is 1. The van der Waals surface area contributed by atoms with Crippen LogP contribution >= 0.6 is 11.3 Å². The highest BCUT2D eigenvalue weighted by molar-refractivity contribution is 7.14. The van der Waals surface area contributed by atoms with Gasteiger partial charge in [0.05, 0.1) is 10.8 Å². The lowest BCUT2D eigenvalue weighted by Crippen LogP contribution is -2.48. The van der Waals surface area contributed by atoms with Gasteiger partial charge in [0, 0.05) is 17.5 Å². The fraction of sp³-hybridized carbons (Fsp3) is 0.647. The first-order chi connectivity index (χ1) is 10.6. The zero-order chi connectivity index (χ0) is 15.7. The van der Waals surface area contributed by atoms with Gasteiger partial charge >= 0.3 is 0 Å². The first-order valence-corrected chi connectivity index (χ1v) is 9.09. The molecule has 0 spiro atoms. The third kappa shape index (κ3) is 3.05. The van der Waals surface area contributed by atoms with Gasteiger partial charge in [-0.25, -0.2) is 0 Å². The molecule has 1 aromatic rings. The fourth-order valence-corrected chi connectivity index (χ4v) is 4.75. The molecular formula is C17H24N2O2S. The molecule has 0 radical (unpaired) electrons. The average Bonchev–Trinajstić information content (AvgIpc) is 2.78. The zero-order valence-corrected chi connectivity index (χ0v) is 14.0. The van der Waals surface area contributed by atoms with Crippen LogP contribution in [-0.4, -0.2) is 29.3 Å². The fourth-order valence-electron chi connectivity index (χ4n) is 3.54. The lowest BCUT2D eigenvalue weighted by Gasteiger charge is -2.36. The van der Waals surface area contributed by atoms with E-state index in [9.17, 15) is 9.59 Å². The maximum Gasteiger partial charge on any atom is 0.264 e. The number of fused-ring (bicyclic) bond motifs is 1. The summed E-state index contributed by atoms with van der Waals surface area (Å²) in [6, 6.07) is 2.28. The summed E-state index contributed by atoms with van der Waals surface area (Å²) in [6.07, 6.45) is 7.58. The number of likely N-dealkylation sites (tertiary alicyclic amines) is 1. The number of carbonyl (C=O) groups is 2. The van der Waals surface area contributed by atoms with Crippen LogP contribution in [0.2, 0.25) is 0 Å². The summed E-state index contributed by atoms with van der Waals surface area (Å²) in [4.78, 5) is 28.4. The molecule has 3 rings (SSSR count). The summed E-state index contributed by atoms with van der Waals surface area (Å²) in [5, 5.41) is 0. The van der Waals surface area contributed by atoms with Gasteiger partial charge in [-0.3, -0.25) is 9.59 Å². The van der Waals surface area contributed by atoms with Crippen molar-refractivity contribution in [1.29, 1.82) is 0 Å². The number of aryl methyl sites for hydroxylation is 2. The molecule has 2 heterocycles. The molecule has 1 aliphatic carbocycles. The highest BCUT2D eigenvalue weighted by Gasteiger charge is 2.33. The van der Waals surface area contributed by atoms with E-state index in [1.807, 2.05) is 4.90 Å². The van der Waals surface area contributed by atoms with E-state index in [0.717, 1.165) is 30.6 Å². The number of piperidine rings is 1. The lowest BCUT2D eigenvalue weighted by atomic mass is 9.93. The second-order valence-corrected chi connectivity index (χ2v) is 7.74. The summed E-state index contributed by atoms with van der Waals surface area (Å²) in [5.74, 6) is -0.402. The molecule has 5 heteroatoms. The number of primary amides is 1. The quantitative estimate of drug-likeness (QED) is 0.852. The Labute approximate surface area is 135 Å². The predicted octanol–water partition coefficient (Wildman–Crippen LogP) is 2.74. The summed E-state index contributed by atoms with van der Waals surface area (Å²) in [5.41, 5.74) is 6.80. The minimum atomic E-state index is -0.285. The van der Waals surface area contributed by atoms with Gasteiger partial charge < -0.3 is 10.6 Å². The number of nitrogens with two attached hydrogens (primary N) is 1. The van der Waals surface area contributed by atoms with E-state index in [2.05, 4.69) is 13.0 Å². The number of amides is 2. The Morgan fingerprint density at radius 3 is 2.77 bits per heavy atom. The highest BCUT2D eigenvalue weighted by atomic mass is 32.1. The van der Waals surface area contributed by atoms with Crippen LogP contribution in [0.15, 0.2) is 6.07 Å². The van der Waals surface area contributed by atoms with Crippen molar-refractivity contribution in [2.45, 2.75) is 57.9 Å². The van der Waals surface area contributed by atoms with Crippen LogP contribution in [0.4, 0.5) is 0 Å². The topological polar surface area (TPSA) is 63.4 Å². The maximum atomic E-state index is 12.9. The Balaban J connectivity index is 1.79. The molecule has 0 bridgehead atoms. The predicted molar refractivity (Wildman–Crippen MR) is 88.0 cm³/mol. The van der Waals surface area contributed by atoms with Crippen LogP contribution in [0.25, 0.3) is 0 Å². The van der Waals surface area contributed by atoms with Crippen molar-refractivity contribution < 1.29 is 9.59 Å². The molecule has 2 atom stereocenters. The Kier molecular flexibility index (Phi) is 4.52. The molecular weight excluding hydrogens is 296 g/mol. The van der Waals surface area contributed by atoms with E-state index in [4.69, 9.17) is 5.73 Å². The van der Waals surface area contributed by atoms with E-state index >= 15 is 0 Å². The van der Waals surface area contributed by atoms with E-state index in [0.29, 0.717) is 6.54 Å². The molecule has 1 aliphatic heterocycles. The molecule has 120 valence electrons. The van der Waals surface area contributed by atoms with Gasteiger partial charge in [-0.2, -0.15) is 0 Å². The van der Waals surface area contributed by atoms with Crippen LogP contribution in [-0.2, 0) is 17.6 Å². The SMILES string of the molecule is C[C@@H]1CC[C@H](C(N)=O)CN1C(=O)c1cc2c(s1)CCCCC2. The van der Waals surface area contributed by atoms with E-state index in [-0.39, 0.29) is 23.8 Å². The van der Waals surface area contributed by atoms with E-state index < -0.39 is 0 Å². The number of hydrogen-bond acceptors (Lipinski definition) is 3. The number of rotatable bonds is 2. The molecule has 2 N–H and O–H groups in total. The third-order valence-electron chi connectivity index (χ3n) is 5.00. The largest absolute Gasteiger partial charge is 0.369 e. The van der Waals surface area contributed by atoms with Gasteiger partial charge in [-0.1, -0.05) is 6.42 Å². The van der Waals surface area contributed by atoms with Gasteiger partial charge in [0.15, 0.2) is 0 Å². The van der Waals surface area contributed by atoms with Crippen molar-refractivity contribution in [1.82, 2.24) is 4.90 Å². The minimum Gasteiger partial charge on any atom is -0.369 e. The van der Waals surface area contributed by atoms with Crippen molar-refractivity contribution in [2.24, 2.45) is 11.7 Å². The van der Waals surface area contributed by atoms with Crippen LogP contribution < -0.4 is 5.73 Å². The molecule has 2 amide bonds. The minimum absolute atomic E-state index is 0.0801. The second kappa shape index (κ2) is 6.41. The Morgan fingerprint density at radius 2 is 2.00 bits per heavy atom. The van der Waals surface area contributed by atoms with Gasteiger partial charge in [0.25, 0.3) is 5.91 Å². The van der Waals surface area contributed by atoms with Crippen LogP contribution in [0.5, 0.6) is 0 Å². The number of thiophene rings is 1. The Morgan fingerprint density at radius 1 is 1.23 bits per heavy atom. The zero-order valence-electron chi connectivity index (χ0n) is 13.1. The van der Waals surface area contributed by atoms with Crippen LogP contribution in [0.3, 0.4) is 0 Å². The van der Waals surface area contributed by atoms with Gasteiger partial charge in [-0.05, 0) is 57.1 Å². The van der Waals surface area contributed by atoms with Crippen molar-refractivity contribution in [3.05, 3.63) is 21.4 Å². The van der Waals surface area contributed by atoms with E-state index in [1.165, 1.54) is 29.7 Å². The summed E-state index contributed by atoms with van der Waals surface area (Å²) < 4.78 is 0. The standard InChI is InChI=1S/C17H24N2O2S/c1-11-7-8-13(16(18)20)10-19(11)17(21)15-9-12-5-3-2-4-6-14(12)22-15/h9,11,13H,2-8,10H2,1H3,(H2,18,20)/t11-,13+/m1/s1. The summed E-state index contributed by atoms with van der Waals surface area (Å²) >= 11 is 1.65. The van der Waals surface area contributed by atoms with Crippen molar-refractivity contribution >= 4 is 23.2 Å². The summed E-state index contributed by atoms with van der Waals surface area (Å²) in [7, 11) is 0. The molecule has 22 heavy (non-hydrogen) atoms. The van der Waals surface area contributed by atoms with Crippen molar-refractivity contribution in [3.8, 4) is 0 Å².